The van der Waals surface area contributed by atoms with E-state index in [-0.39, 0.29) is 11.2 Å². The lowest BCUT2D eigenvalue weighted by Crippen LogP contribution is -2.42. The van der Waals surface area contributed by atoms with Gasteiger partial charge in [-0.25, -0.2) is 4.99 Å². The van der Waals surface area contributed by atoms with Gasteiger partial charge in [0.15, 0.2) is 4.80 Å². The van der Waals surface area contributed by atoms with Gasteiger partial charge in [-0.2, -0.15) is 0 Å². The summed E-state index contributed by atoms with van der Waals surface area (Å²) in [4.78, 5) is 32.8. The maximum atomic E-state index is 13.0. The minimum Gasteiger partial charge on any atom is -0.372 e. The van der Waals surface area contributed by atoms with Gasteiger partial charge in [-0.1, -0.05) is 23.5 Å². The van der Waals surface area contributed by atoms with Crippen LogP contribution in [0.4, 0.5) is 17.1 Å². The van der Waals surface area contributed by atoms with Crippen molar-refractivity contribution < 1.29 is 4.92 Å². The second-order valence-electron chi connectivity index (χ2n) is 7.14. The zero-order valence-electron chi connectivity index (χ0n) is 17.4. The van der Waals surface area contributed by atoms with Gasteiger partial charge in [-0.3, -0.25) is 19.5 Å². The van der Waals surface area contributed by atoms with Crippen LogP contribution in [0.5, 0.6) is 0 Å². The van der Waals surface area contributed by atoms with Crippen molar-refractivity contribution in [2.45, 2.75) is 20.5 Å². The molecule has 0 spiro atoms. The van der Waals surface area contributed by atoms with Crippen LogP contribution in [0.2, 0.25) is 0 Å². The normalized spacial score (nSPS) is 13.6. The summed E-state index contributed by atoms with van der Waals surface area (Å²) in [5, 5.41) is 10.9. The SMILES string of the molecule is CCN(CC)c1ccc(/C=c2/sc3n(c2=O)CN(c2ccc([N+](=O)[O-])cc2)CN=3)cc1. The maximum absolute atomic E-state index is 13.0. The molecular formula is C22H23N5O3S. The highest BCUT2D eigenvalue weighted by Crippen LogP contribution is 2.20. The van der Waals surface area contributed by atoms with E-state index in [1.165, 1.54) is 23.5 Å². The third kappa shape index (κ3) is 4.22. The molecule has 8 nitrogen and oxygen atoms in total. The fourth-order valence-corrected chi connectivity index (χ4v) is 4.54. The van der Waals surface area contributed by atoms with Crippen molar-refractivity contribution in [3.8, 4) is 0 Å². The number of fused-ring (bicyclic) bond motifs is 1. The molecule has 4 rings (SSSR count). The molecule has 2 heterocycles. The Morgan fingerprint density at radius 2 is 1.81 bits per heavy atom. The zero-order valence-corrected chi connectivity index (χ0v) is 18.2. The van der Waals surface area contributed by atoms with E-state index in [0.29, 0.717) is 22.7 Å². The van der Waals surface area contributed by atoms with E-state index >= 15 is 0 Å². The molecule has 0 radical (unpaired) electrons. The quantitative estimate of drug-likeness (QED) is 0.437. The first-order chi connectivity index (χ1) is 15.0. The minimum absolute atomic E-state index is 0.0370. The molecule has 0 saturated heterocycles. The molecule has 2 aromatic carbocycles. The van der Waals surface area contributed by atoms with E-state index in [4.69, 9.17) is 0 Å². The molecular weight excluding hydrogens is 414 g/mol. The second-order valence-corrected chi connectivity index (χ2v) is 8.15. The van der Waals surface area contributed by atoms with E-state index in [9.17, 15) is 14.9 Å². The molecule has 1 aliphatic rings. The first-order valence-corrected chi connectivity index (χ1v) is 10.9. The molecule has 31 heavy (non-hydrogen) atoms. The number of hydrogen-bond acceptors (Lipinski definition) is 7. The Labute approximate surface area is 183 Å². The summed E-state index contributed by atoms with van der Waals surface area (Å²) >= 11 is 1.38. The molecule has 0 saturated carbocycles. The summed E-state index contributed by atoms with van der Waals surface area (Å²) in [6.07, 6.45) is 1.90. The van der Waals surface area contributed by atoms with Crippen molar-refractivity contribution in [1.82, 2.24) is 4.57 Å². The van der Waals surface area contributed by atoms with Crippen LogP contribution in [-0.4, -0.2) is 29.2 Å². The number of nitrogens with zero attached hydrogens (tertiary/aromatic N) is 5. The summed E-state index contributed by atoms with van der Waals surface area (Å²) in [6.45, 7) is 6.92. The van der Waals surface area contributed by atoms with E-state index in [2.05, 4.69) is 35.9 Å². The van der Waals surface area contributed by atoms with E-state index in [0.717, 1.165) is 30.0 Å². The van der Waals surface area contributed by atoms with Crippen molar-refractivity contribution in [2.24, 2.45) is 4.99 Å². The lowest BCUT2D eigenvalue weighted by atomic mass is 10.2. The summed E-state index contributed by atoms with van der Waals surface area (Å²) < 4.78 is 2.28. The Morgan fingerprint density at radius 1 is 1.13 bits per heavy atom. The topological polar surface area (TPSA) is 84.0 Å². The lowest BCUT2D eigenvalue weighted by Gasteiger charge is -2.25. The van der Waals surface area contributed by atoms with Crippen LogP contribution >= 0.6 is 11.3 Å². The molecule has 0 atom stereocenters. The highest BCUT2D eigenvalue weighted by Gasteiger charge is 2.17. The monoisotopic (exact) mass is 437 g/mol. The molecule has 0 unspecified atom stereocenters. The predicted molar refractivity (Wildman–Crippen MR) is 123 cm³/mol. The van der Waals surface area contributed by atoms with Crippen LogP contribution < -0.4 is 24.7 Å². The van der Waals surface area contributed by atoms with Crippen molar-refractivity contribution >= 4 is 34.5 Å². The molecule has 3 aromatic rings. The number of nitro groups is 1. The molecule has 1 aliphatic heterocycles. The predicted octanol–water partition coefficient (Wildman–Crippen LogP) is 2.55. The largest absolute Gasteiger partial charge is 0.372 e. The van der Waals surface area contributed by atoms with Crippen LogP contribution in [0.1, 0.15) is 19.4 Å². The van der Waals surface area contributed by atoms with Crippen molar-refractivity contribution in [2.75, 3.05) is 29.6 Å². The van der Waals surface area contributed by atoms with Gasteiger partial charge in [-0.05, 0) is 49.8 Å². The number of hydrogen-bond donors (Lipinski definition) is 0. The van der Waals surface area contributed by atoms with Gasteiger partial charge in [0.25, 0.3) is 11.2 Å². The third-order valence-corrected chi connectivity index (χ3v) is 6.37. The molecule has 0 aliphatic carbocycles. The van der Waals surface area contributed by atoms with Crippen molar-refractivity contribution in [1.29, 1.82) is 0 Å². The summed E-state index contributed by atoms with van der Waals surface area (Å²) in [6, 6.07) is 14.5. The van der Waals surface area contributed by atoms with Crippen molar-refractivity contribution in [3.05, 3.63) is 83.9 Å². The Morgan fingerprint density at radius 3 is 2.42 bits per heavy atom. The summed E-state index contributed by atoms with van der Waals surface area (Å²) in [7, 11) is 0. The molecule has 0 bridgehead atoms. The number of anilines is 2. The average molecular weight is 438 g/mol. The van der Waals surface area contributed by atoms with E-state index in [1.807, 2.05) is 23.1 Å². The van der Waals surface area contributed by atoms with Crippen molar-refractivity contribution in [3.63, 3.8) is 0 Å². The van der Waals surface area contributed by atoms with Gasteiger partial charge >= 0.3 is 0 Å². The van der Waals surface area contributed by atoms with Gasteiger partial charge in [0, 0.05) is 36.6 Å². The molecule has 0 N–H and O–H groups in total. The lowest BCUT2D eigenvalue weighted by molar-refractivity contribution is -0.384. The number of nitro benzene ring substituents is 1. The van der Waals surface area contributed by atoms with Gasteiger partial charge < -0.3 is 9.80 Å². The number of rotatable bonds is 6. The fraction of sp³-hybridized carbons (Fsp3) is 0.273. The maximum Gasteiger partial charge on any atom is 0.271 e. The van der Waals surface area contributed by atoms with Crippen LogP contribution in [0.15, 0.2) is 58.3 Å². The number of non-ortho nitro benzene ring substituents is 1. The average Bonchev–Trinajstić information content (AvgIpc) is 3.10. The zero-order chi connectivity index (χ0) is 22.0. The van der Waals surface area contributed by atoms with E-state index in [1.54, 1.807) is 16.7 Å². The molecule has 9 heteroatoms. The molecule has 160 valence electrons. The number of thiazole rings is 1. The fourth-order valence-electron chi connectivity index (χ4n) is 3.58. The smallest absolute Gasteiger partial charge is 0.271 e. The third-order valence-electron chi connectivity index (χ3n) is 5.32. The van der Waals surface area contributed by atoms with Gasteiger partial charge in [0.2, 0.25) is 0 Å². The Balaban J connectivity index is 1.59. The second kappa shape index (κ2) is 8.73. The Kier molecular flexibility index (Phi) is 5.85. The standard InChI is InChI=1S/C22H23N5O3S/c1-3-24(4-2)17-7-5-16(6-8-17)13-20-21(28)26-15-25(14-23-22(26)31-20)18-9-11-19(12-10-18)27(29)30/h5-13H,3-4,14-15H2,1-2H3/b20-13+. The van der Waals surface area contributed by atoms with Crippen LogP contribution in [-0.2, 0) is 6.67 Å². The Bertz CT molecular complexity index is 1260. The Hall–Kier alpha value is -3.46. The molecule has 0 fully saturated rings. The summed E-state index contributed by atoms with van der Waals surface area (Å²) in [5.41, 5.74) is 2.88. The van der Waals surface area contributed by atoms with Crippen LogP contribution in [0.3, 0.4) is 0 Å². The molecule has 0 amide bonds. The van der Waals surface area contributed by atoms with E-state index < -0.39 is 4.92 Å². The van der Waals surface area contributed by atoms with Gasteiger partial charge in [0.05, 0.1) is 9.46 Å². The number of aromatic nitrogens is 1. The highest BCUT2D eigenvalue weighted by molar-refractivity contribution is 7.07. The highest BCUT2D eigenvalue weighted by atomic mass is 32.1. The number of benzene rings is 2. The first-order valence-electron chi connectivity index (χ1n) is 10.1. The van der Waals surface area contributed by atoms with Gasteiger partial charge in [-0.15, -0.1) is 0 Å². The minimum atomic E-state index is -0.428. The summed E-state index contributed by atoms with van der Waals surface area (Å²) in [5.74, 6) is 0. The van der Waals surface area contributed by atoms with Crippen LogP contribution in [0, 0.1) is 10.1 Å². The first kappa shape index (κ1) is 20.8. The van der Waals surface area contributed by atoms with Crippen LogP contribution in [0.25, 0.3) is 6.08 Å². The van der Waals surface area contributed by atoms with Gasteiger partial charge in [0.1, 0.15) is 13.3 Å². The molecule has 1 aromatic heterocycles.